The van der Waals surface area contributed by atoms with Crippen molar-refractivity contribution in [3.63, 3.8) is 0 Å². The molecule has 10 heteroatoms. The average molecular weight is 463 g/mol. The van der Waals surface area contributed by atoms with Gasteiger partial charge in [0.1, 0.15) is 5.82 Å². The van der Waals surface area contributed by atoms with Gasteiger partial charge in [0.25, 0.3) is 0 Å². The highest BCUT2D eigenvalue weighted by Gasteiger charge is 2.27. The number of carbonyl (C=O) groups is 1. The Hall–Kier alpha value is -3.66. The standard InChI is InChI=1S/C24H30N8O2/c1-3-25-24(33)28-18-6-4-17(5-7-18)21-29-20-15-32(23-26-14-16(2)27-23)9-8-19(20)22(30-21)31-10-12-34-13-11-31/h4-7,14H,3,8-13,15H2,1-2H3,(H,26,27)(H2,25,28,33). The number of nitrogens with one attached hydrogen (secondary N) is 3. The van der Waals surface area contributed by atoms with Gasteiger partial charge >= 0.3 is 6.03 Å². The summed E-state index contributed by atoms with van der Waals surface area (Å²) in [5, 5.41) is 5.57. The normalized spacial score (nSPS) is 15.7. The van der Waals surface area contributed by atoms with E-state index in [0.29, 0.717) is 32.1 Å². The third-order valence-electron chi connectivity index (χ3n) is 6.08. The fourth-order valence-corrected chi connectivity index (χ4v) is 4.36. The van der Waals surface area contributed by atoms with Gasteiger partial charge in [-0.2, -0.15) is 0 Å². The van der Waals surface area contributed by atoms with Crippen molar-refractivity contribution in [3.05, 3.63) is 47.4 Å². The molecular formula is C24H30N8O2. The quantitative estimate of drug-likeness (QED) is 0.535. The Bertz CT molecular complexity index is 1150. The highest BCUT2D eigenvalue weighted by atomic mass is 16.5. The number of nitrogens with zero attached hydrogens (tertiary/aromatic N) is 5. The van der Waals surface area contributed by atoms with Gasteiger partial charge in [0.15, 0.2) is 5.82 Å². The number of H-pyrrole nitrogens is 1. The van der Waals surface area contributed by atoms with Crippen molar-refractivity contribution in [1.82, 2.24) is 25.3 Å². The van der Waals surface area contributed by atoms with Gasteiger partial charge in [-0.15, -0.1) is 0 Å². The summed E-state index contributed by atoms with van der Waals surface area (Å²) in [7, 11) is 0. The van der Waals surface area contributed by atoms with Crippen LogP contribution in [0.3, 0.4) is 0 Å². The van der Waals surface area contributed by atoms with Crippen LogP contribution >= 0.6 is 0 Å². The van der Waals surface area contributed by atoms with Gasteiger partial charge < -0.3 is 30.2 Å². The number of hydrogen-bond acceptors (Lipinski definition) is 7. The number of ether oxygens (including phenoxy) is 1. The van der Waals surface area contributed by atoms with Crippen LogP contribution < -0.4 is 20.4 Å². The lowest BCUT2D eigenvalue weighted by atomic mass is 10.0. The molecule has 2 aromatic heterocycles. The number of urea groups is 1. The molecule has 0 atom stereocenters. The van der Waals surface area contributed by atoms with Gasteiger partial charge in [-0.25, -0.2) is 19.7 Å². The number of imidazole rings is 1. The van der Waals surface area contributed by atoms with Crippen LogP contribution in [0.1, 0.15) is 23.9 Å². The molecule has 4 heterocycles. The van der Waals surface area contributed by atoms with Crippen molar-refractivity contribution in [1.29, 1.82) is 0 Å². The van der Waals surface area contributed by atoms with Crippen LogP contribution in [0.25, 0.3) is 11.4 Å². The minimum atomic E-state index is -0.219. The maximum atomic E-state index is 11.8. The Kier molecular flexibility index (Phi) is 6.31. The Morgan fingerprint density at radius 3 is 2.62 bits per heavy atom. The molecule has 0 spiro atoms. The molecule has 1 aromatic carbocycles. The van der Waals surface area contributed by atoms with Crippen molar-refractivity contribution < 1.29 is 9.53 Å². The zero-order valence-corrected chi connectivity index (χ0v) is 19.6. The van der Waals surface area contributed by atoms with E-state index in [0.717, 1.165) is 60.5 Å². The molecule has 3 aromatic rings. The van der Waals surface area contributed by atoms with Crippen LogP contribution in [0, 0.1) is 6.92 Å². The molecule has 1 saturated heterocycles. The lowest BCUT2D eigenvalue weighted by Crippen LogP contribution is -2.39. The van der Waals surface area contributed by atoms with Crippen molar-refractivity contribution in [3.8, 4) is 11.4 Å². The smallest absolute Gasteiger partial charge is 0.319 e. The van der Waals surface area contributed by atoms with Crippen LogP contribution in [0.15, 0.2) is 30.5 Å². The second kappa shape index (κ2) is 9.68. The van der Waals surface area contributed by atoms with E-state index in [1.165, 1.54) is 5.56 Å². The number of benzene rings is 1. The molecule has 0 radical (unpaired) electrons. The topological polar surface area (TPSA) is 111 Å². The summed E-state index contributed by atoms with van der Waals surface area (Å²) in [6, 6.07) is 7.42. The number of rotatable bonds is 5. The first kappa shape index (κ1) is 22.1. The third kappa shape index (κ3) is 4.67. The maximum absolute atomic E-state index is 11.8. The van der Waals surface area contributed by atoms with E-state index >= 15 is 0 Å². The molecule has 1 fully saturated rings. The number of aromatic amines is 1. The molecule has 2 amide bonds. The zero-order chi connectivity index (χ0) is 23.5. The predicted molar refractivity (Wildman–Crippen MR) is 131 cm³/mol. The zero-order valence-electron chi connectivity index (χ0n) is 19.6. The molecule has 0 unspecified atom stereocenters. The maximum Gasteiger partial charge on any atom is 0.319 e. The Morgan fingerprint density at radius 2 is 1.91 bits per heavy atom. The number of aryl methyl sites for hydroxylation is 1. The monoisotopic (exact) mass is 462 g/mol. The second-order valence-corrected chi connectivity index (χ2v) is 8.52. The minimum Gasteiger partial charge on any atom is -0.378 e. The van der Waals surface area contributed by atoms with Crippen LogP contribution in [0.5, 0.6) is 0 Å². The first-order valence-corrected chi connectivity index (χ1v) is 11.7. The Balaban J connectivity index is 1.47. The van der Waals surface area contributed by atoms with E-state index in [2.05, 4.69) is 30.4 Å². The summed E-state index contributed by atoms with van der Waals surface area (Å²) in [5.74, 6) is 2.56. The molecule has 0 saturated carbocycles. The molecule has 34 heavy (non-hydrogen) atoms. The molecule has 5 rings (SSSR count). The largest absolute Gasteiger partial charge is 0.378 e. The van der Waals surface area contributed by atoms with Crippen molar-refractivity contribution in [2.45, 2.75) is 26.8 Å². The van der Waals surface area contributed by atoms with E-state index in [-0.39, 0.29) is 6.03 Å². The minimum absolute atomic E-state index is 0.219. The highest BCUT2D eigenvalue weighted by Crippen LogP contribution is 2.31. The number of fused-ring (bicyclic) bond motifs is 1. The van der Waals surface area contributed by atoms with E-state index in [9.17, 15) is 4.79 Å². The van der Waals surface area contributed by atoms with E-state index < -0.39 is 0 Å². The molecule has 178 valence electrons. The van der Waals surface area contributed by atoms with Crippen molar-refractivity contribution in [2.75, 3.05) is 54.5 Å². The molecule has 3 N–H and O–H groups in total. The van der Waals surface area contributed by atoms with Gasteiger partial charge in [0.05, 0.1) is 25.5 Å². The highest BCUT2D eigenvalue weighted by molar-refractivity contribution is 5.89. The van der Waals surface area contributed by atoms with E-state index in [1.807, 2.05) is 44.3 Å². The first-order chi connectivity index (χ1) is 16.6. The van der Waals surface area contributed by atoms with Crippen molar-refractivity contribution >= 4 is 23.5 Å². The summed E-state index contributed by atoms with van der Waals surface area (Å²) in [6.45, 7) is 9.04. The molecular weight excluding hydrogens is 432 g/mol. The van der Waals surface area contributed by atoms with Crippen LogP contribution in [-0.4, -0.2) is 65.4 Å². The van der Waals surface area contributed by atoms with Crippen LogP contribution in [-0.2, 0) is 17.7 Å². The summed E-state index contributed by atoms with van der Waals surface area (Å²) in [5.41, 5.74) is 4.90. The number of aromatic nitrogens is 4. The van der Waals surface area contributed by atoms with Gasteiger partial charge in [-0.05, 0) is 44.5 Å². The second-order valence-electron chi connectivity index (χ2n) is 8.52. The van der Waals surface area contributed by atoms with Gasteiger partial charge in [0, 0.05) is 54.9 Å². The number of morpholine rings is 1. The number of anilines is 3. The SMILES string of the molecule is CCNC(=O)Nc1ccc(-c2nc3c(c(N4CCOCC4)n2)CCN(c2ncc(C)[nH]2)C3)cc1. The molecule has 0 bridgehead atoms. The fraction of sp³-hybridized carbons (Fsp3) is 0.417. The number of carbonyl (C=O) groups excluding carboxylic acids is 1. The van der Waals surface area contributed by atoms with E-state index in [4.69, 9.17) is 14.7 Å². The predicted octanol–water partition coefficient (Wildman–Crippen LogP) is 2.72. The molecule has 10 nitrogen and oxygen atoms in total. The number of amides is 2. The van der Waals surface area contributed by atoms with Crippen LogP contribution in [0.4, 0.5) is 22.2 Å². The number of hydrogen-bond donors (Lipinski definition) is 3. The lowest BCUT2D eigenvalue weighted by Gasteiger charge is -2.34. The lowest BCUT2D eigenvalue weighted by molar-refractivity contribution is 0.122. The third-order valence-corrected chi connectivity index (χ3v) is 6.08. The molecule has 2 aliphatic rings. The summed E-state index contributed by atoms with van der Waals surface area (Å²) < 4.78 is 5.57. The summed E-state index contributed by atoms with van der Waals surface area (Å²) in [4.78, 5) is 34.2. The van der Waals surface area contributed by atoms with Crippen LogP contribution in [0.2, 0.25) is 0 Å². The van der Waals surface area contributed by atoms with Gasteiger partial charge in [0.2, 0.25) is 5.95 Å². The summed E-state index contributed by atoms with van der Waals surface area (Å²) in [6.07, 6.45) is 2.71. The Labute approximate surface area is 198 Å². The molecule has 2 aliphatic heterocycles. The fourth-order valence-electron chi connectivity index (χ4n) is 4.36. The van der Waals surface area contributed by atoms with E-state index in [1.54, 1.807) is 0 Å². The molecule has 0 aliphatic carbocycles. The average Bonchev–Trinajstić information content (AvgIpc) is 3.30. The Morgan fingerprint density at radius 1 is 1.12 bits per heavy atom. The summed E-state index contributed by atoms with van der Waals surface area (Å²) >= 11 is 0. The van der Waals surface area contributed by atoms with Gasteiger partial charge in [-0.3, -0.25) is 0 Å². The van der Waals surface area contributed by atoms with Crippen molar-refractivity contribution in [2.24, 2.45) is 0 Å². The first-order valence-electron chi connectivity index (χ1n) is 11.7. The van der Waals surface area contributed by atoms with Gasteiger partial charge in [-0.1, -0.05) is 0 Å².